The zero-order chi connectivity index (χ0) is 11.6. The summed E-state index contributed by atoms with van der Waals surface area (Å²) in [6, 6.07) is 4.22. The van der Waals surface area contributed by atoms with Gasteiger partial charge in [0.25, 0.3) is 0 Å². The predicted molar refractivity (Wildman–Crippen MR) is 68.9 cm³/mol. The molecule has 0 amide bonds. The Bertz CT molecular complexity index is 363. The molecule has 88 valence electrons. The maximum atomic E-state index is 6.11. The number of anilines is 1. The number of aromatic nitrogens is 1. The molecule has 1 N–H and O–H groups in total. The Morgan fingerprint density at radius 1 is 1.44 bits per heavy atom. The summed E-state index contributed by atoms with van der Waals surface area (Å²) in [5.41, 5.74) is 0.332. The van der Waals surface area contributed by atoms with Crippen LogP contribution in [0.4, 0.5) is 5.82 Å². The SMILES string of the molecule is CC1(C)CCCCC1Nc1ncccc1Cl. The van der Waals surface area contributed by atoms with Gasteiger partial charge in [-0.25, -0.2) is 4.98 Å². The van der Waals surface area contributed by atoms with Crippen molar-refractivity contribution >= 4 is 17.4 Å². The number of nitrogens with zero attached hydrogens (tertiary/aromatic N) is 1. The van der Waals surface area contributed by atoms with E-state index in [1.807, 2.05) is 12.1 Å². The van der Waals surface area contributed by atoms with Crippen LogP contribution >= 0.6 is 11.6 Å². The van der Waals surface area contributed by atoms with Gasteiger partial charge in [0.05, 0.1) is 5.02 Å². The van der Waals surface area contributed by atoms with E-state index in [0.29, 0.717) is 16.5 Å². The van der Waals surface area contributed by atoms with Crippen molar-refractivity contribution in [3.8, 4) is 0 Å². The van der Waals surface area contributed by atoms with Gasteiger partial charge in [-0.1, -0.05) is 38.3 Å². The third-order valence-electron chi connectivity index (χ3n) is 3.58. The Balaban J connectivity index is 2.12. The molecule has 1 fully saturated rings. The van der Waals surface area contributed by atoms with Crippen LogP contribution in [0.25, 0.3) is 0 Å². The van der Waals surface area contributed by atoms with Crippen molar-refractivity contribution in [2.45, 2.75) is 45.6 Å². The van der Waals surface area contributed by atoms with E-state index >= 15 is 0 Å². The minimum Gasteiger partial charge on any atom is -0.366 e. The van der Waals surface area contributed by atoms with E-state index in [4.69, 9.17) is 11.6 Å². The van der Waals surface area contributed by atoms with E-state index in [2.05, 4.69) is 24.1 Å². The lowest BCUT2D eigenvalue weighted by Crippen LogP contribution is -2.39. The largest absolute Gasteiger partial charge is 0.366 e. The van der Waals surface area contributed by atoms with Gasteiger partial charge in [-0.15, -0.1) is 0 Å². The smallest absolute Gasteiger partial charge is 0.144 e. The normalized spacial score (nSPS) is 24.1. The molecule has 0 bridgehead atoms. The van der Waals surface area contributed by atoms with E-state index in [1.54, 1.807) is 6.20 Å². The highest BCUT2D eigenvalue weighted by molar-refractivity contribution is 6.32. The minimum atomic E-state index is 0.332. The average molecular weight is 239 g/mol. The second-order valence-corrected chi connectivity index (χ2v) is 5.67. The van der Waals surface area contributed by atoms with Crippen LogP contribution in [-0.2, 0) is 0 Å². The van der Waals surface area contributed by atoms with Gasteiger partial charge in [-0.3, -0.25) is 0 Å². The number of nitrogens with one attached hydrogen (secondary N) is 1. The first-order valence-electron chi connectivity index (χ1n) is 5.97. The van der Waals surface area contributed by atoms with Crippen LogP contribution in [0, 0.1) is 5.41 Å². The van der Waals surface area contributed by atoms with Crippen molar-refractivity contribution in [1.82, 2.24) is 4.98 Å². The molecule has 1 aromatic rings. The Morgan fingerprint density at radius 3 is 2.94 bits per heavy atom. The van der Waals surface area contributed by atoms with E-state index in [-0.39, 0.29) is 0 Å². The first-order chi connectivity index (χ1) is 7.59. The molecule has 2 nitrogen and oxygen atoms in total. The van der Waals surface area contributed by atoms with Gasteiger partial charge in [0.2, 0.25) is 0 Å². The number of hydrogen-bond acceptors (Lipinski definition) is 2. The van der Waals surface area contributed by atoms with Crippen LogP contribution in [-0.4, -0.2) is 11.0 Å². The Hall–Kier alpha value is -0.760. The zero-order valence-corrected chi connectivity index (χ0v) is 10.7. The third kappa shape index (κ3) is 2.49. The number of halogens is 1. The molecule has 1 aliphatic rings. The van der Waals surface area contributed by atoms with Crippen LogP contribution in [0.2, 0.25) is 5.02 Å². The van der Waals surface area contributed by atoms with E-state index in [0.717, 1.165) is 5.82 Å². The summed E-state index contributed by atoms with van der Waals surface area (Å²) in [6.07, 6.45) is 6.89. The highest BCUT2D eigenvalue weighted by Gasteiger charge is 2.32. The summed E-state index contributed by atoms with van der Waals surface area (Å²) in [5, 5.41) is 4.21. The number of rotatable bonds is 2. The van der Waals surface area contributed by atoms with Crippen molar-refractivity contribution in [1.29, 1.82) is 0 Å². The predicted octanol–water partition coefficient (Wildman–Crippen LogP) is 4.12. The molecule has 0 saturated heterocycles. The van der Waals surface area contributed by atoms with Crippen molar-refractivity contribution in [3.05, 3.63) is 23.4 Å². The molecule has 0 aliphatic heterocycles. The topological polar surface area (TPSA) is 24.9 Å². The summed E-state index contributed by atoms with van der Waals surface area (Å²) in [6.45, 7) is 4.64. The maximum Gasteiger partial charge on any atom is 0.144 e. The molecule has 1 atom stereocenters. The fraction of sp³-hybridized carbons (Fsp3) is 0.615. The van der Waals surface area contributed by atoms with E-state index in [1.165, 1.54) is 25.7 Å². The van der Waals surface area contributed by atoms with Crippen molar-refractivity contribution in [2.75, 3.05) is 5.32 Å². The summed E-state index contributed by atoms with van der Waals surface area (Å²) < 4.78 is 0. The van der Waals surface area contributed by atoms with Gasteiger partial charge in [0.15, 0.2) is 0 Å². The Morgan fingerprint density at radius 2 is 2.25 bits per heavy atom. The highest BCUT2D eigenvalue weighted by Crippen LogP contribution is 2.37. The molecule has 16 heavy (non-hydrogen) atoms. The molecule has 1 unspecified atom stereocenters. The van der Waals surface area contributed by atoms with Gasteiger partial charge in [0, 0.05) is 12.2 Å². The average Bonchev–Trinajstić information content (AvgIpc) is 2.24. The summed E-state index contributed by atoms with van der Waals surface area (Å²) in [5.74, 6) is 0.823. The second kappa shape index (κ2) is 4.62. The molecule has 3 heteroatoms. The highest BCUT2D eigenvalue weighted by atomic mass is 35.5. The molecule has 1 saturated carbocycles. The minimum absolute atomic E-state index is 0.332. The fourth-order valence-electron chi connectivity index (χ4n) is 2.42. The Labute approximate surface area is 102 Å². The van der Waals surface area contributed by atoms with Gasteiger partial charge in [0.1, 0.15) is 5.82 Å². The van der Waals surface area contributed by atoms with Gasteiger partial charge < -0.3 is 5.32 Å². The number of hydrogen-bond donors (Lipinski definition) is 1. The van der Waals surface area contributed by atoms with Gasteiger partial charge >= 0.3 is 0 Å². The molecule has 0 aromatic carbocycles. The summed E-state index contributed by atoms with van der Waals surface area (Å²) >= 11 is 6.11. The van der Waals surface area contributed by atoms with Crippen molar-refractivity contribution in [2.24, 2.45) is 5.41 Å². The summed E-state index contributed by atoms with van der Waals surface area (Å²) in [4.78, 5) is 4.29. The molecular formula is C13H19ClN2. The molecule has 1 aliphatic carbocycles. The van der Waals surface area contributed by atoms with Crippen LogP contribution in [0.5, 0.6) is 0 Å². The van der Waals surface area contributed by atoms with E-state index < -0.39 is 0 Å². The lowest BCUT2D eigenvalue weighted by atomic mass is 9.73. The fourth-order valence-corrected chi connectivity index (χ4v) is 2.59. The van der Waals surface area contributed by atoms with Crippen LogP contribution in [0.3, 0.4) is 0 Å². The van der Waals surface area contributed by atoms with Crippen LogP contribution in [0.15, 0.2) is 18.3 Å². The van der Waals surface area contributed by atoms with Crippen LogP contribution in [0.1, 0.15) is 39.5 Å². The van der Waals surface area contributed by atoms with Crippen LogP contribution < -0.4 is 5.32 Å². The zero-order valence-electron chi connectivity index (χ0n) is 9.96. The lowest BCUT2D eigenvalue weighted by Gasteiger charge is -2.39. The second-order valence-electron chi connectivity index (χ2n) is 5.27. The molecular weight excluding hydrogens is 220 g/mol. The molecule has 1 heterocycles. The molecule has 2 rings (SSSR count). The van der Waals surface area contributed by atoms with Crippen molar-refractivity contribution < 1.29 is 0 Å². The van der Waals surface area contributed by atoms with E-state index in [9.17, 15) is 0 Å². The van der Waals surface area contributed by atoms with Crippen molar-refractivity contribution in [3.63, 3.8) is 0 Å². The quantitative estimate of drug-likeness (QED) is 0.839. The molecule has 0 spiro atoms. The van der Waals surface area contributed by atoms with Gasteiger partial charge in [-0.2, -0.15) is 0 Å². The summed E-state index contributed by atoms with van der Waals surface area (Å²) in [7, 11) is 0. The Kier molecular flexibility index (Phi) is 3.38. The first kappa shape index (κ1) is 11.7. The molecule has 1 aromatic heterocycles. The van der Waals surface area contributed by atoms with Gasteiger partial charge in [-0.05, 0) is 30.4 Å². The third-order valence-corrected chi connectivity index (χ3v) is 3.88. The first-order valence-corrected chi connectivity index (χ1v) is 6.34. The molecule has 0 radical (unpaired) electrons. The number of pyridine rings is 1. The maximum absolute atomic E-state index is 6.11. The standard InChI is InChI=1S/C13H19ClN2/c1-13(2)8-4-3-7-11(13)16-12-10(14)6-5-9-15-12/h5-6,9,11H,3-4,7-8H2,1-2H3,(H,15,16). The lowest BCUT2D eigenvalue weighted by molar-refractivity contribution is 0.216. The monoisotopic (exact) mass is 238 g/mol.